The Bertz CT molecular complexity index is 522. The maximum absolute atomic E-state index is 11.8. The van der Waals surface area contributed by atoms with Crippen molar-refractivity contribution in [2.24, 2.45) is 0 Å². The number of carbonyl (C=O) groups is 1. The molecule has 1 N–H and O–H groups in total. The molecule has 1 aliphatic heterocycles. The Labute approximate surface area is 94.6 Å². The second kappa shape index (κ2) is 3.90. The Morgan fingerprint density at radius 3 is 2.75 bits per heavy atom. The van der Waals surface area contributed by atoms with E-state index in [2.05, 4.69) is 5.32 Å². The van der Waals surface area contributed by atoms with Gasteiger partial charge < -0.3 is 5.32 Å². The van der Waals surface area contributed by atoms with Crippen LogP contribution in [0.15, 0.2) is 29.2 Å². The van der Waals surface area contributed by atoms with Gasteiger partial charge in [-0.2, -0.15) is 0 Å². The van der Waals surface area contributed by atoms with Crippen molar-refractivity contribution in [3.8, 4) is 0 Å². The molecule has 1 atom stereocenters. The number of hydrogen-bond donors (Lipinski definition) is 1. The molecule has 0 aliphatic carbocycles. The lowest BCUT2D eigenvalue weighted by molar-refractivity contribution is -0.119. The molecule has 5 heteroatoms. The summed E-state index contributed by atoms with van der Waals surface area (Å²) < 4.78 is 23.6. The molecule has 1 amide bonds. The summed E-state index contributed by atoms with van der Waals surface area (Å²) in [7, 11) is -3.16. The lowest BCUT2D eigenvalue weighted by Gasteiger charge is -2.25. The van der Waals surface area contributed by atoms with Crippen LogP contribution in [0.1, 0.15) is 24.9 Å². The lowest BCUT2D eigenvalue weighted by Crippen LogP contribution is -2.32. The molecule has 0 spiro atoms. The molecule has 1 aromatic carbocycles. The molecule has 4 nitrogen and oxygen atoms in total. The highest BCUT2D eigenvalue weighted by Gasteiger charge is 2.29. The van der Waals surface area contributed by atoms with Crippen LogP contribution in [0.3, 0.4) is 0 Å². The summed E-state index contributed by atoms with van der Waals surface area (Å²) in [4.78, 5) is 11.4. The van der Waals surface area contributed by atoms with E-state index in [0.29, 0.717) is 16.9 Å². The van der Waals surface area contributed by atoms with Gasteiger partial charge in [0, 0.05) is 6.92 Å². The molecule has 0 saturated heterocycles. The fourth-order valence-corrected chi connectivity index (χ4v) is 3.61. The third-order valence-corrected chi connectivity index (χ3v) is 4.50. The van der Waals surface area contributed by atoms with Crippen LogP contribution in [0.4, 0.5) is 0 Å². The molecule has 86 valence electrons. The Kier molecular flexibility index (Phi) is 2.71. The monoisotopic (exact) mass is 239 g/mol. The van der Waals surface area contributed by atoms with Crippen molar-refractivity contribution in [1.29, 1.82) is 0 Å². The molecule has 1 aliphatic rings. The van der Waals surface area contributed by atoms with Gasteiger partial charge in [-0.15, -0.1) is 0 Å². The van der Waals surface area contributed by atoms with Gasteiger partial charge in [-0.05, 0) is 18.1 Å². The van der Waals surface area contributed by atoms with E-state index in [1.807, 2.05) is 0 Å². The minimum atomic E-state index is -3.16. The van der Waals surface area contributed by atoms with Crippen LogP contribution in [0.25, 0.3) is 0 Å². The van der Waals surface area contributed by atoms with E-state index in [1.165, 1.54) is 6.92 Å². The van der Waals surface area contributed by atoms with Gasteiger partial charge in [0.15, 0.2) is 9.84 Å². The number of fused-ring (bicyclic) bond motifs is 1. The molecule has 0 fully saturated rings. The highest BCUT2D eigenvalue weighted by molar-refractivity contribution is 7.91. The summed E-state index contributed by atoms with van der Waals surface area (Å²) in [6.07, 6.45) is 0.443. The number of amides is 1. The van der Waals surface area contributed by atoms with Gasteiger partial charge >= 0.3 is 0 Å². The van der Waals surface area contributed by atoms with Gasteiger partial charge in [-0.25, -0.2) is 8.42 Å². The minimum Gasteiger partial charge on any atom is -0.349 e. The molecular formula is C11H13NO3S. The van der Waals surface area contributed by atoms with Crippen molar-refractivity contribution in [2.45, 2.75) is 24.3 Å². The summed E-state index contributed by atoms with van der Waals surface area (Å²) in [5, 5.41) is 2.77. The molecule has 16 heavy (non-hydrogen) atoms. The Hall–Kier alpha value is -1.36. The SMILES string of the molecule is CC(=O)N[C@@H]1CCS(=O)(=O)c2ccccc21. The average molecular weight is 239 g/mol. The van der Waals surface area contributed by atoms with Crippen molar-refractivity contribution in [3.05, 3.63) is 29.8 Å². The predicted octanol–water partition coefficient (Wildman–Crippen LogP) is 1.04. The zero-order chi connectivity index (χ0) is 11.8. The molecule has 0 aromatic heterocycles. The second-order valence-electron chi connectivity index (χ2n) is 3.90. The summed E-state index contributed by atoms with van der Waals surface area (Å²) in [6.45, 7) is 1.44. The maximum atomic E-state index is 11.8. The quantitative estimate of drug-likeness (QED) is 0.796. The van der Waals surface area contributed by atoms with E-state index in [-0.39, 0.29) is 17.7 Å². The van der Waals surface area contributed by atoms with Gasteiger partial charge in [0.1, 0.15) is 0 Å². The van der Waals surface area contributed by atoms with E-state index in [1.54, 1.807) is 24.3 Å². The fraction of sp³-hybridized carbons (Fsp3) is 0.364. The van der Waals surface area contributed by atoms with Gasteiger partial charge in [0.05, 0.1) is 16.7 Å². The van der Waals surface area contributed by atoms with Crippen LogP contribution in [0.2, 0.25) is 0 Å². The first-order valence-corrected chi connectivity index (χ1v) is 6.75. The standard InChI is InChI=1S/C11H13NO3S/c1-8(13)12-10-6-7-16(14,15)11-5-3-2-4-9(10)11/h2-5,10H,6-7H2,1H3,(H,12,13)/t10-/m1/s1. The van der Waals surface area contributed by atoms with Crippen molar-refractivity contribution < 1.29 is 13.2 Å². The van der Waals surface area contributed by atoms with Crippen molar-refractivity contribution in [2.75, 3.05) is 5.75 Å². The second-order valence-corrected chi connectivity index (χ2v) is 5.98. The van der Waals surface area contributed by atoms with Gasteiger partial charge in [0.25, 0.3) is 0 Å². The average Bonchev–Trinajstić information content (AvgIpc) is 2.23. The first-order chi connectivity index (χ1) is 7.50. The largest absolute Gasteiger partial charge is 0.349 e. The van der Waals surface area contributed by atoms with Crippen molar-refractivity contribution in [3.63, 3.8) is 0 Å². The topological polar surface area (TPSA) is 63.2 Å². The number of carbonyl (C=O) groups excluding carboxylic acids is 1. The normalized spacial score (nSPS) is 22.2. The zero-order valence-corrected chi connectivity index (χ0v) is 9.75. The summed E-state index contributed by atoms with van der Waals surface area (Å²) in [6, 6.07) is 6.66. The highest BCUT2D eigenvalue weighted by atomic mass is 32.2. The molecular weight excluding hydrogens is 226 g/mol. The zero-order valence-electron chi connectivity index (χ0n) is 8.93. The van der Waals surface area contributed by atoms with Gasteiger partial charge in [0.2, 0.25) is 5.91 Å². The van der Waals surface area contributed by atoms with Crippen molar-refractivity contribution in [1.82, 2.24) is 5.32 Å². The van der Waals surface area contributed by atoms with Crippen LogP contribution in [-0.4, -0.2) is 20.1 Å². The van der Waals surface area contributed by atoms with E-state index < -0.39 is 9.84 Å². The minimum absolute atomic E-state index is 0.0922. The van der Waals surface area contributed by atoms with Crippen LogP contribution < -0.4 is 5.32 Å². The molecule has 0 bridgehead atoms. The number of nitrogens with one attached hydrogen (secondary N) is 1. The lowest BCUT2D eigenvalue weighted by atomic mass is 10.0. The summed E-state index contributed by atoms with van der Waals surface area (Å²) in [5.41, 5.74) is 0.698. The van der Waals surface area contributed by atoms with E-state index in [0.717, 1.165) is 0 Å². The van der Waals surface area contributed by atoms with Gasteiger partial charge in [-0.1, -0.05) is 18.2 Å². The van der Waals surface area contributed by atoms with Crippen LogP contribution >= 0.6 is 0 Å². The number of hydrogen-bond acceptors (Lipinski definition) is 3. The third kappa shape index (κ3) is 1.95. The van der Waals surface area contributed by atoms with E-state index >= 15 is 0 Å². The predicted molar refractivity (Wildman–Crippen MR) is 59.7 cm³/mol. The number of benzene rings is 1. The maximum Gasteiger partial charge on any atom is 0.217 e. The van der Waals surface area contributed by atoms with Crippen LogP contribution in [-0.2, 0) is 14.6 Å². The van der Waals surface area contributed by atoms with Crippen LogP contribution in [0, 0.1) is 0 Å². The smallest absolute Gasteiger partial charge is 0.217 e. The molecule has 0 unspecified atom stereocenters. The molecule has 1 aromatic rings. The summed E-state index contributed by atoms with van der Waals surface area (Å²) >= 11 is 0. The molecule has 1 heterocycles. The number of sulfone groups is 1. The Morgan fingerprint density at radius 1 is 1.38 bits per heavy atom. The Morgan fingerprint density at radius 2 is 2.06 bits per heavy atom. The first-order valence-electron chi connectivity index (χ1n) is 5.09. The summed E-state index contributed by atoms with van der Waals surface area (Å²) in [5.74, 6) is -0.0475. The number of rotatable bonds is 1. The van der Waals surface area contributed by atoms with E-state index in [4.69, 9.17) is 0 Å². The Balaban J connectivity index is 2.47. The van der Waals surface area contributed by atoms with Gasteiger partial charge in [-0.3, -0.25) is 4.79 Å². The molecule has 2 rings (SSSR count). The first kappa shape index (κ1) is 11.1. The van der Waals surface area contributed by atoms with E-state index in [9.17, 15) is 13.2 Å². The fourth-order valence-electron chi connectivity index (χ4n) is 1.99. The molecule has 0 saturated carbocycles. The van der Waals surface area contributed by atoms with Crippen molar-refractivity contribution >= 4 is 15.7 Å². The molecule has 0 radical (unpaired) electrons. The highest BCUT2D eigenvalue weighted by Crippen LogP contribution is 2.31. The van der Waals surface area contributed by atoms with Crippen LogP contribution in [0.5, 0.6) is 0 Å². The third-order valence-electron chi connectivity index (χ3n) is 2.68.